The Balaban J connectivity index is 2.19. The minimum absolute atomic E-state index is 0.000505. The molecule has 2 rings (SSSR count). The number of hydrogen-bond acceptors (Lipinski definition) is 7. The van der Waals surface area contributed by atoms with E-state index in [-0.39, 0.29) is 17.0 Å². The lowest BCUT2D eigenvalue weighted by Gasteiger charge is -2.08. The number of benzene rings is 2. The third-order valence-electron chi connectivity index (χ3n) is 3.45. The zero-order valence-corrected chi connectivity index (χ0v) is 14.4. The molecular weight excluding hydrogens is 342 g/mol. The largest absolute Gasteiger partial charge is 0.497 e. The lowest BCUT2D eigenvalue weighted by Crippen LogP contribution is -2.18. The van der Waals surface area contributed by atoms with Crippen molar-refractivity contribution >= 4 is 17.8 Å². The number of methoxy groups -OCH3 is 3. The Hall–Kier alpha value is -3.62. The Bertz CT molecular complexity index is 850. The molecular formula is C17H17N3O6. The smallest absolute Gasteiger partial charge is 0.275 e. The number of nitro groups is 1. The van der Waals surface area contributed by atoms with E-state index in [1.54, 1.807) is 18.2 Å². The molecule has 0 aliphatic heterocycles. The number of amides is 1. The normalized spacial score (nSPS) is 10.4. The quantitative estimate of drug-likeness (QED) is 0.461. The highest BCUT2D eigenvalue weighted by molar-refractivity contribution is 5.98. The second-order valence-electron chi connectivity index (χ2n) is 4.95. The molecule has 26 heavy (non-hydrogen) atoms. The summed E-state index contributed by atoms with van der Waals surface area (Å²) in [5.74, 6) is 0.680. The van der Waals surface area contributed by atoms with Crippen LogP contribution in [-0.2, 0) is 0 Å². The van der Waals surface area contributed by atoms with Gasteiger partial charge in [0.2, 0.25) is 0 Å². The van der Waals surface area contributed by atoms with Gasteiger partial charge in [0.25, 0.3) is 11.6 Å². The van der Waals surface area contributed by atoms with E-state index in [0.29, 0.717) is 17.1 Å². The van der Waals surface area contributed by atoms with Crippen molar-refractivity contribution in [3.05, 3.63) is 57.6 Å². The summed E-state index contributed by atoms with van der Waals surface area (Å²) >= 11 is 0. The van der Waals surface area contributed by atoms with Crippen molar-refractivity contribution in [2.45, 2.75) is 0 Å². The first kappa shape index (κ1) is 18.7. The van der Waals surface area contributed by atoms with Crippen LogP contribution in [0.3, 0.4) is 0 Å². The lowest BCUT2D eigenvalue weighted by molar-refractivity contribution is -0.384. The number of hydrogen-bond donors (Lipinski definition) is 1. The number of carbonyl (C=O) groups excluding carboxylic acids is 1. The molecule has 1 amide bonds. The van der Waals surface area contributed by atoms with Gasteiger partial charge in [-0.15, -0.1) is 0 Å². The van der Waals surface area contributed by atoms with Gasteiger partial charge < -0.3 is 14.2 Å². The summed E-state index contributed by atoms with van der Waals surface area (Å²) in [6, 6.07) is 8.82. The number of hydrazone groups is 1. The van der Waals surface area contributed by atoms with Gasteiger partial charge in [-0.1, -0.05) is 0 Å². The number of nitrogens with one attached hydrogen (secondary N) is 1. The number of ether oxygens (including phenoxy) is 3. The molecule has 0 fully saturated rings. The van der Waals surface area contributed by atoms with Gasteiger partial charge in [-0.2, -0.15) is 5.10 Å². The van der Waals surface area contributed by atoms with Crippen LogP contribution in [0.1, 0.15) is 15.9 Å². The molecule has 0 aromatic heterocycles. The molecule has 1 N–H and O–H groups in total. The van der Waals surface area contributed by atoms with Crippen molar-refractivity contribution in [2.75, 3.05) is 21.3 Å². The van der Waals surface area contributed by atoms with Crippen molar-refractivity contribution in [1.82, 2.24) is 5.43 Å². The number of carbonyl (C=O) groups is 1. The first-order valence-corrected chi connectivity index (χ1v) is 7.38. The highest BCUT2D eigenvalue weighted by atomic mass is 16.6. The van der Waals surface area contributed by atoms with Crippen LogP contribution < -0.4 is 19.6 Å². The summed E-state index contributed by atoms with van der Waals surface area (Å²) in [5, 5.41) is 14.7. The monoisotopic (exact) mass is 359 g/mol. The number of nitrogens with zero attached hydrogens (tertiary/aromatic N) is 2. The second kappa shape index (κ2) is 8.47. The third kappa shape index (κ3) is 4.26. The molecule has 0 saturated carbocycles. The Kier molecular flexibility index (Phi) is 6.10. The molecule has 0 unspecified atom stereocenters. The Labute approximate surface area is 149 Å². The molecule has 9 heteroatoms. The van der Waals surface area contributed by atoms with E-state index in [2.05, 4.69) is 10.5 Å². The van der Waals surface area contributed by atoms with Crippen LogP contribution in [0.4, 0.5) is 5.69 Å². The molecule has 0 spiro atoms. The van der Waals surface area contributed by atoms with Crippen LogP contribution in [0.25, 0.3) is 0 Å². The maximum atomic E-state index is 12.3. The van der Waals surface area contributed by atoms with Crippen molar-refractivity contribution in [2.24, 2.45) is 5.10 Å². The molecule has 0 aliphatic rings. The standard InChI is InChI=1S/C17H17N3O6/c1-24-13-6-4-11(16(9-13)26-3)10-18-19-17(21)14-8-12(20(22)23)5-7-15(14)25-2/h4-10H,1-3H3,(H,19,21)/b18-10-. The fraction of sp³-hybridized carbons (Fsp3) is 0.176. The average molecular weight is 359 g/mol. The van der Waals surface area contributed by atoms with Gasteiger partial charge >= 0.3 is 0 Å². The summed E-state index contributed by atoms with van der Waals surface area (Å²) < 4.78 is 15.4. The number of non-ortho nitro benzene ring substituents is 1. The Morgan fingerprint density at radius 1 is 1.08 bits per heavy atom. The van der Waals surface area contributed by atoms with Crippen LogP contribution in [-0.4, -0.2) is 38.4 Å². The maximum absolute atomic E-state index is 12.3. The second-order valence-corrected chi connectivity index (χ2v) is 4.95. The van der Waals surface area contributed by atoms with Gasteiger partial charge in [0.1, 0.15) is 17.2 Å². The molecule has 2 aromatic carbocycles. The van der Waals surface area contributed by atoms with Gasteiger partial charge in [-0.3, -0.25) is 14.9 Å². The van der Waals surface area contributed by atoms with Crippen molar-refractivity contribution < 1.29 is 23.9 Å². The molecule has 0 heterocycles. The highest BCUT2D eigenvalue weighted by Crippen LogP contribution is 2.24. The van der Waals surface area contributed by atoms with E-state index >= 15 is 0 Å². The summed E-state index contributed by atoms with van der Waals surface area (Å²) in [7, 11) is 4.40. The lowest BCUT2D eigenvalue weighted by atomic mass is 10.1. The molecule has 0 bridgehead atoms. The molecule has 136 valence electrons. The zero-order valence-electron chi connectivity index (χ0n) is 14.4. The number of rotatable bonds is 7. The molecule has 0 saturated heterocycles. The van der Waals surface area contributed by atoms with Gasteiger partial charge in [0.15, 0.2) is 0 Å². The van der Waals surface area contributed by atoms with E-state index in [4.69, 9.17) is 14.2 Å². The Morgan fingerprint density at radius 3 is 2.42 bits per heavy atom. The van der Waals surface area contributed by atoms with Crippen LogP contribution >= 0.6 is 0 Å². The predicted octanol–water partition coefficient (Wildman–Crippen LogP) is 2.38. The number of nitro benzene ring substituents is 1. The van der Waals surface area contributed by atoms with Gasteiger partial charge in [0.05, 0.1) is 38.0 Å². The topological polar surface area (TPSA) is 112 Å². The Morgan fingerprint density at radius 2 is 1.81 bits per heavy atom. The molecule has 2 aromatic rings. The molecule has 0 aliphatic carbocycles. The minimum atomic E-state index is -0.644. The molecule has 0 radical (unpaired) electrons. The van der Waals surface area contributed by atoms with Gasteiger partial charge in [-0.05, 0) is 18.2 Å². The summed E-state index contributed by atoms with van der Waals surface area (Å²) in [6.07, 6.45) is 1.39. The van der Waals surface area contributed by atoms with Crippen LogP contribution in [0.15, 0.2) is 41.5 Å². The first-order valence-electron chi connectivity index (χ1n) is 7.38. The van der Waals surface area contributed by atoms with Crippen LogP contribution in [0.2, 0.25) is 0 Å². The summed E-state index contributed by atoms with van der Waals surface area (Å²) in [6.45, 7) is 0. The third-order valence-corrected chi connectivity index (χ3v) is 3.45. The van der Waals surface area contributed by atoms with Crippen LogP contribution in [0.5, 0.6) is 17.2 Å². The van der Waals surface area contributed by atoms with E-state index in [9.17, 15) is 14.9 Å². The van der Waals surface area contributed by atoms with Crippen molar-refractivity contribution in [1.29, 1.82) is 0 Å². The van der Waals surface area contributed by atoms with E-state index in [0.717, 1.165) is 6.07 Å². The van der Waals surface area contributed by atoms with Crippen molar-refractivity contribution in [3.8, 4) is 17.2 Å². The summed E-state index contributed by atoms with van der Waals surface area (Å²) in [5.41, 5.74) is 2.70. The van der Waals surface area contributed by atoms with Crippen LogP contribution in [0, 0.1) is 10.1 Å². The van der Waals surface area contributed by atoms with Gasteiger partial charge in [0, 0.05) is 23.8 Å². The highest BCUT2D eigenvalue weighted by Gasteiger charge is 2.17. The zero-order chi connectivity index (χ0) is 19.1. The average Bonchev–Trinajstić information content (AvgIpc) is 2.67. The summed E-state index contributed by atoms with van der Waals surface area (Å²) in [4.78, 5) is 22.5. The predicted molar refractivity (Wildman–Crippen MR) is 94.3 cm³/mol. The van der Waals surface area contributed by atoms with Crippen molar-refractivity contribution in [3.63, 3.8) is 0 Å². The minimum Gasteiger partial charge on any atom is -0.497 e. The first-order chi connectivity index (χ1) is 12.5. The molecule has 0 atom stereocenters. The van der Waals surface area contributed by atoms with E-state index in [1.165, 1.54) is 39.7 Å². The van der Waals surface area contributed by atoms with E-state index in [1.807, 2.05) is 0 Å². The SMILES string of the molecule is COc1ccc(/C=N\NC(=O)c2cc([N+](=O)[O-])ccc2OC)c(OC)c1. The molecule has 9 nitrogen and oxygen atoms in total. The fourth-order valence-corrected chi connectivity index (χ4v) is 2.13. The fourth-order valence-electron chi connectivity index (χ4n) is 2.13. The van der Waals surface area contributed by atoms with Gasteiger partial charge in [-0.25, -0.2) is 5.43 Å². The maximum Gasteiger partial charge on any atom is 0.275 e. The van der Waals surface area contributed by atoms with E-state index < -0.39 is 10.8 Å².